The van der Waals surface area contributed by atoms with Gasteiger partial charge in [-0.3, -0.25) is 4.79 Å². The lowest BCUT2D eigenvalue weighted by molar-refractivity contribution is 0.0142. The Kier molecular flexibility index (Phi) is 5.23. The molecule has 0 aromatic heterocycles. The van der Waals surface area contributed by atoms with E-state index in [1.165, 1.54) is 0 Å². The van der Waals surface area contributed by atoms with E-state index in [0.29, 0.717) is 5.56 Å². The number of hydrogen-bond acceptors (Lipinski definition) is 3. The number of rotatable bonds is 5. The maximum Gasteiger partial charge on any atom is 0.251 e. The van der Waals surface area contributed by atoms with Gasteiger partial charge in [0.05, 0.1) is 5.60 Å². The van der Waals surface area contributed by atoms with Crippen LogP contribution in [0.4, 0.5) is 0 Å². The molecule has 0 aliphatic carbocycles. The van der Waals surface area contributed by atoms with Gasteiger partial charge < -0.3 is 10.4 Å². The summed E-state index contributed by atoms with van der Waals surface area (Å²) in [5.74, 6) is -0.0553. The van der Waals surface area contributed by atoms with Crippen LogP contribution in [0.25, 0.3) is 0 Å². The van der Waals surface area contributed by atoms with E-state index in [1.807, 2.05) is 32.2 Å². The standard InChI is InChI=1S/C14H21NO2S/c1-10(2)14(3,17)9-15-13(16)11-5-7-12(18-4)8-6-11/h5-8,10,17H,9H2,1-4H3,(H,15,16). The van der Waals surface area contributed by atoms with Gasteiger partial charge in [-0.25, -0.2) is 0 Å². The van der Waals surface area contributed by atoms with Crippen LogP contribution in [0.15, 0.2) is 29.2 Å². The Morgan fingerprint density at radius 2 is 1.94 bits per heavy atom. The van der Waals surface area contributed by atoms with Crippen LogP contribution in [-0.2, 0) is 0 Å². The maximum atomic E-state index is 11.9. The van der Waals surface area contributed by atoms with E-state index in [1.54, 1.807) is 30.8 Å². The van der Waals surface area contributed by atoms with Crippen molar-refractivity contribution in [3.05, 3.63) is 29.8 Å². The molecule has 3 nitrogen and oxygen atoms in total. The van der Waals surface area contributed by atoms with Gasteiger partial charge in [0.1, 0.15) is 0 Å². The molecule has 0 saturated carbocycles. The molecule has 0 bridgehead atoms. The molecule has 4 heteroatoms. The third-order valence-electron chi connectivity index (χ3n) is 3.20. The molecule has 1 aromatic rings. The highest BCUT2D eigenvalue weighted by molar-refractivity contribution is 7.98. The van der Waals surface area contributed by atoms with E-state index in [0.717, 1.165) is 4.90 Å². The Bertz CT molecular complexity index is 399. The molecule has 1 unspecified atom stereocenters. The second kappa shape index (κ2) is 6.25. The minimum Gasteiger partial charge on any atom is -0.388 e. The molecule has 1 aromatic carbocycles. The summed E-state index contributed by atoms with van der Waals surface area (Å²) < 4.78 is 0. The molecule has 18 heavy (non-hydrogen) atoms. The van der Waals surface area contributed by atoms with Crippen molar-refractivity contribution >= 4 is 17.7 Å². The van der Waals surface area contributed by atoms with Crippen molar-refractivity contribution < 1.29 is 9.90 Å². The summed E-state index contributed by atoms with van der Waals surface area (Å²) in [5, 5.41) is 12.8. The molecule has 0 spiro atoms. The summed E-state index contributed by atoms with van der Waals surface area (Å²) in [7, 11) is 0. The van der Waals surface area contributed by atoms with Crippen molar-refractivity contribution in [3.8, 4) is 0 Å². The van der Waals surface area contributed by atoms with Crippen LogP contribution in [0.2, 0.25) is 0 Å². The zero-order chi connectivity index (χ0) is 13.8. The van der Waals surface area contributed by atoms with Gasteiger partial charge in [-0.1, -0.05) is 13.8 Å². The van der Waals surface area contributed by atoms with Gasteiger partial charge in [0, 0.05) is 17.0 Å². The molecular formula is C14H21NO2S. The van der Waals surface area contributed by atoms with Gasteiger partial charge >= 0.3 is 0 Å². The second-order valence-electron chi connectivity index (χ2n) is 4.92. The monoisotopic (exact) mass is 267 g/mol. The normalized spacial score (nSPS) is 14.3. The maximum absolute atomic E-state index is 11.9. The molecule has 0 fully saturated rings. The van der Waals surface area contributed by atoms with Crippen LogP contribution in [0, 0.1) is 5.92 Å². The highest BCUT2D eigenvalue weighted by atomic mass is 32.2. The fourth-order valence-corrected chi connectivity index (χ4v) is 1.72. The fourth-order valence-electron chi connectivity index (χ4n) is 1.31. The van der Waals surface area contributed by atoms with E-state index in [2.05, 4.69) is 5.32 Å². The summed E-state index contributed by atoms with van der Waals surface area (Å²) in [5.41, 5.74) is -0.262. The van der Waals surface area contributed by atoms with E-state index < -0.39 is 5.60 Å². The van der Waals surface area contributed by atoms with Crippen LogP contribution < -0.4 is 5.32 Å². The SMILES string of the molecule is CSc1ccc(C(=O)NCC(C)(O)C(C)C)cc1. The van der Waals surface area contributed by atoms with E-state index in [9.17, 15) is 9.90 Å². The van der Waals surface area contributed by atoms with Gasteiger partial charge in [-0.2, -0.15) is 0 Å². The molecule has 0 radical (unpaired) electrons. The lowest BCUT2D eigenvalue weighted by atomic mass is 9.92. The number of carbonyl (C=O) groups excluding carboxylic acids is 1. The molecule has 0 aliphatic rings. The van der Waals surface area contributed by atoms with Crippen LogP contribution in [-0.4, -0.2) is 29.4 Å². The first kappa shape index (κ1) is 15.1. The lowest BCUT2D eigenvalue weighted by Crippen LogP contribution is -2.44. The zero-order valence-corrected chi connectivity index (χ0v) is 12.2. The molecule has 1 atom stereocenters. The second-order valence-corrected chi connectivity index (χ2v) is 5.80. The molecule has 0 heterocycles. The number of benzene rings is 1. The largest absolute Gasteiger partial charge is 0.388 e. The molecule has 100 valence electrons. The predicted molar refractivity (Wildman–Crippen MR) is 76.0 cm³/mol. The molecule has 2 N–H and O–H groups in total. The first-order chi connectivity index (χ1) is 8.36. The highest BCUT2D eigenvalue weighted by Gasteiger charge is 2.25. The van der Waals surface area contributed by atoms with Crippen LogP contribution in [0.5, 0.6) is 0 Å². The summed E-state index contributed by atoms with van der Waals surface area (Å²) in [6, 6.07) is 7.43. The van der Waals surface area contributed by atoms with Gasteiger partial charge in [0.2, 0.25) is 0 Å². The lowest BCUT2D eigenvalue weighted by Gasteiger charge is -2.27. The quantitative estimate of drug-likeness (QED) is 0.806. The van der Waals surface area contributed by atoms with Crippen LogP contribution in [0.3, 0.4) is 0 Å². The summed E-state index contributed by atoms with van der Waals surface area (Å²) in [6.07, 6.45) is 1.99. The molecular weight excluding hydrogens is 246 g/mol. The molecule has 1 amide bonds. The van der Waals surface area contributed by atoms with Crippen molar-refractivity contribution in [3.63, 3.8) is 0 Å². The minimum absolute atomic E-state index is 0.0941. The molecule has 0 aliphatic heterocycles. The number of carbonyl (C=O) groups is 1. The smallest absolute Gasteiger partial charge is 0.251 e. The average Bonchev–Trinajstić information content (AvgIpc) is 2.36. The van der Waals surface area contributed by atoms with Gasteiger partial charge in [0.15, 0.2) is 0 Å². The summed E-state index contributed by atoms with van der Waals surface area (Å²) in [6.45, 7) is 5.85. The first-order valence-electron chi connectivity index (χ1n) is 6.01. The number of thioether (sulfide) groups is 1. The third-order valence-corrected chi connectivity index (χ3v) is 3.95. The van der Waals surface area contributed by atoms with Crippen LogP contribution >= 0.6 is 11.8 Å². The number of aliphatic hydroxyl groups is 1. The summed E-state index contributed by atoms with van der Waals surface area (Å²) >= 11 is 1.64. The van der Waals surface area contributed by atoms with Gasteiger partial charge in [0.25, 0.3) is 5.91 Å². The topological polar surface area (TPSA) is 49.3 Å². The minimum atomic E-state index is -0.880. The molecule has 0 saturated heterocycles. The molecule has 1 rings (SSSR count). The van der Waals surface area contributed by atoms with Crippen molar-refractivity contribution in [1.82, 2.24) is 5.32 Å². The van der Waals surface area contributed by atoms with E-state index in [4.69, 9.17) is 0 Å². The van der Waals surface area contributed by atoms with Crippen molar-refractivity contribution in [2.75, 3.05) is 12.8 Å². The Hall–Kier alpha value is -1.00. The predicted octanol–water partition coefficient (Wildman–Crippen LogP) is 2.55. The van der Waals surface area contributed by atoms with Crippen molar-refractivity contribution in [1.29, 1.82) is 0 Å². The fraction of sp³-hybridized carbons (Fsp3) is 0.500. The third kappa shape index (κ3) is 4.03. The van der Waals surface area contributed by atoms with E-state index in [-0.39, 0.29) is 18.4 Å². The number of amides is 1. The summed E-state index contributed by atoms with van der Waals surface area (Å²) in [4.78, 5) is 13.0. The average molecular weight is 267 g/mol. The van der Waals surface area contributed by atoms with Crippen molar-refractivity contribution in [2.24, 2.45) is 5.92 Å². The van der Waals surface area contributed by atoms with Gasteiger partial charge in [-0.05, 0) is 43.4 Å². The van der Waals surface area contributed by atoms with E-state index >= 15 is 0 Å². The Labute approximate surface area is 113 Å². The Balaban J connectivity index is 2.60. The highest BCUT2D eigenvalue weighted by Crippen LogP contribution is 2.16. The Morgan fingerprint density at radius 1 is 1.39 bits per heavy atom. The Morgan fingerprint density at radius 3 is 2.39 bits per heavy atom. The zero-order valence-electron chi connectivity index (χ0n) is 11.4. The first-order valence-corrected chi connectivity index (χ1v) is 7.24. The van der Waals surface area contributed by atoms with Gasteiger partial charge in [-0.15, -0.1) is 11.8 Å². The number of nitrogens with one attached hydrogen (secondary N) is 1. The van der Waals surface area contributed by atoms with Crippen LogP contribution in [0.1, 0.15) is 31.1 Å². The van der Waals surface area contributed by atoms with Crippen molar-refractivity contribution in [2.45, 2.75) is 31.3 Å². The number of hydrogen-bond donors (Lipinski definition) is 2.